The van der Waals surface area contributed by atoms with Crippen LogP contribution in [-0.4, -0.2) is 157 Å². The van der Waals surface area contributed by atoms with Gasteiger partial charge in [-0.3, -0.25) is 57.5 Å². The number of nitrogens with zero attached hydrogens (tertiary/aromatic N) is 3. The van der Waals surface area contributed by atoms with E-state index in [-0.39, 0.29) is 80.3 Å². The summed E-state index contributed by atoms with van der Waals surface area (Å²) in [5.74, 6) is -12.0. The number of aliphatic imine (C=N–C) groups is 1. The Morgan fingerprint density at radius 1 is 0.825 bits per heavy atom. The number of aromatic amines is 1. The van der Waals surface area contributed by atoms with Crippen molar-refractivity contribution in [2.24, 2.45) is 34.2 Å². The highest BCUT2D eigenvalue weighted by Crippen LogP contribution is 2.35. The number of guanidine groups is 1. The second-order valence-corrected chi connectivity index (χ2v) is 21.3. The summed E-state index contributed by atoms with van der Waals surface area (Å²) < 4.78 is 1.51. The highest BCUT2D eigenvalue weighted by atomic mass is 16.4. The van der Waals surface area contributed by atoms with Gasteiger partial charge < -0.3 is 74.5 Å². The molecule has 6 heterocycles. The molecule has 10 unspecified atom stereocenters. The molecule has 434 valence electrons. The van der Waals surface area contributed by atoms with Crippen LogP contribution in [0.1, 0.15) is 109 Å². The largest absolute Gasteiger partial charge is 0.481 e. The molecule has 16 N–H and O–H groups in total. The fourth-order valence-electron chi connectivity index (χ4n) is 10.1. The van der Waals surface area contributed by atoms with E-state index in [1.165, 1.54) is 17.1 Å². The zero-order chi connectivity index (χ0) is 58.7. The summed E-state index contributed by atoms with van der Waals surface area (Å²) in [5, 5.41) is 43.6. The van der Waals surface area contributed by atoms with E-state index < -0.39 is 139 Å². The third-order valence-corrected chi connectivity index (χ3v) is 14.4. The van der Waals surface area contributed by atoms with Crippen LogP contribution in [0.25, 0.3) is 16.7 Å². The monoisotopic (exact) mass is 1120 g/mol. The molecule has 7 bridgehead atoms. The third-order valence-electron chi connectivity index (χ3n) is 14.4. The summed E-state index contributed by atoms with van der Waals surface area (Å²) in [4.78, 5) is 163. The summed E-state index contributed by atoms with van der Waals surface area (Å²) in [6.07, 6.45) is 1.90. The van der Waals surface area contributed by atoms with E-state index in [1.807, 2.05) is 27.7 Å². The van der Waals surface area contributed by atoms with Crippen LogP contribution in [0.2, 0.25) is 0 Å². The zero-order valence-electron chi connectivity index (χ0n) is 45.5. The minimum absolute atomic E-state index is 0.0180. The lowest BCUT2D eigenvalue weighted by molar-refractivity contribution is -0.147. The number of carboxylic acids is 2. The van der Waals surface area contributed by atoms with Crippen molar-refractivity contribution in [1.29, 1.82) is 0 Å². The fraction of sp³-hybridized carbons (Fsp3) is 0.558. The van der Waals surface area contributed by atoms with Crippen LogP contribution >= 0.6 is 0 Å². The maximum Gasteiger partial charge on any atom is 0.326 e. The summed E-state index contributed by atoms with van der Waals surface area (Å²) in [6.45, 7) is 10.2. The van der Waals surface area contributed by atoms with E-state index in [0.29, 0.717) is 28.5 Å². The van der Waals surface area contributed by atoms with E-state index >= 15 is 4.79 Å². The molecule has 3 aromatic rings. The maximum atomic E-state index is 15.0. The number of aliphatic carboxylic acids is 2. The zero-order valence-corrected chi connectivity index (χ0v) is 45.5. The van der Waals surface area contributed by atoms with Gasteiger partial charge in [-0.25, -0.2) is 9.78 Å². The molecule has 4 aliphatic rings. The lowest BCUT2D eigenvalue weighted by Gasteiger charge is -2.33. The molecule has 0 saturated carbocycles. The molecule has 7 rings (SSSR count). The number of benzene rings is 1. The molecule has 1 aromatic carbocycles. The third kappa shape index (κ3) is 15.6. The summed E-state index contributed by atoms with van der Waals surface area (Å²) in [5.41, 5.74) is 12.6. The molecule has 10 atom stereocenters. The summed E-state index contributed by atoms with van der Waals surface area (Å²) >= 11 is 0. The van der Waals surface area contributed by atoms with Crippen molar-refractivity contribution in [2.75, 3.05) is 13.1 Å². The van der Waals surface area contributed by atoms with Gasteiger partial charge in [-0.15, -0.1) is 0 Å². The van der Waals surface area contributed by atoms with E-state index in [0.717, 1.165) is 0 Å². The SMILES string of the molecule is CCC(C)C1NC(=O)C(CC(C)C)NC(=O)C(NC(=O)C2CCC(=O)N2)C(C(C)C)c2ccc3c4c([nH]c3c2)-n2cnc(c2)CC(C(=O)NC(CC(=O)O)C(=O)O)NC(=O)CNC(=O)C(CCCN=C(N)N)NC(=O)C(C4)NC1=O. The summed E-state index contributed by atoms with van der Waals surface area (Å²) in [7, 11) is 0. The van der Waals surface area contributed by atoms with Crippen molar-refractivity contribution >= 4 is 82.0 Å². The van der Waals surface area contributed by atoms with Crippen molar-refractivity contribution in [1.82, 2.24) is 62.4 Å². The first-order chi connectivity index (χ1) is 37.8. The molecule has 4 aliphatic heterocycles. The Balaban J connectivity index is 1.58. The van der Waals surface area contributed by atoms with Crippen molar-refractivity contribution < 1.29 is 63.0 Å². The number of hydrogen-bond donors (Lipinski definition) is 14. The van der Waals surface area contributed by atoms with Gasteiger partial charge in [-0.05, 0) is 55.1 Å². The Hall–Kier alpha value is -8.59. The highest BCUT2D eigenvalue weighted by molar-refractivity contribution is 6.00. The van der Waals surface area contributed by atoms with Crippen LogP contribution in [-0.2, 0) is 65.6 Å². The molecular weight excluding hydrogens is 1040 g/mol. The van der Waals surface area contributed by atoms with Gasteiger partial charge in [0.15, 0.2) is 5.96 Å². The number of imidazole rings is 1. The van der Waals surface area contributed by atoms with Gasteiger partial charge in [0.1, 0.15) is 60.5 Å². The molecular formula is C52H73N15O13. The normalized spacial score (nSPS) is 24.1. The van der Waals surface area contributed by atoms with Crippen LogP contribution in [0.3, 0.4) is 0 Å². The van der Waals surface area contributed by atoms with Gasteiger partial charge >= 0.3 is 11.9 Å². The lowest BCUT2D eigenvalue weighted by atomic mass is 9.81. The molecule has 80 heavy (non-hydrogen) atoms. The number of carbonyl (C=O) groups excluding carboxylic acids is 9. The smallest absolute Gasteiger partial charge is 0.326 e. The van der Waals surface area contributed by atoms with Crippen LogP contribution in [0.15, 0.2) is 35.7 Å². The Bertz CT molecular complexity index is 2890. The van der Waals surface area contributed by atoms with Gasteiger partial charge in [0.2, 0.25) is 53.2 Å². The maximum absolute atomic E-state index is 15.0. The number of rotatable bonds is 16. The molecule has 0 aliphatic carbocycles. The quantitative estimate of drug-likeness (QED) is 0.0310. The number of aromatic nitrogens is 3. The number of H-pyrrole nitrogens is 1. The van der Waals surface area contributed by atoms with Crippen LogP contribution in [0, 0.1) is 17.8 Å². The standard InChI is InChI=1S/C52H73N15O13/c1-7-25(6)41-49(77)63-35-18-29-28-11-10-26(40(24(4)5)42(66-45(73)31-12-13-37(68)58-31)50(78)62-33(15-23(2)3)48(76)65-41)16-32(28)60-43(29)67-21-27(57-22-67)17-34(46(74)64-36(51(79)80)19-39(70)71)59-38(69)20-56-44(72)30(61-47(35)75)9-8-14-55-52(53)54/h10-11,16,21-25,30-31,33-36,40-42,60H,7-9,12-15,17-20H2,1-6H3,(H,56,72)(H,58,68)(H,59,69)(H,61,75)(H,62,78)(H,63,77)(H,64,74)(H,65,76)(H,66,73)(H,70,71)(H,79,80)(H4,53,54,55). The van der Waals surface area contributed by atoms with Crippen LogP contribution < -0.4 is 59.3 Å². The predicted octanol–water partition coefficient (Wildman–Crippen LogP) is -2.30. The number of carboxylic acid groups (broad SMARTS) is 2. The number of nitrogens with one attached hydrogen (secondary N) is 10. The lowest BCUT2D eigenvalue weighted by Crippen LogP contribution is -2.61. The summed E-state index contributed by atoms with van der Waals surface area (Å²) in [6, 6.07) is -6.00. The molecule has 1 saturated heterocycles. The second kappa shape index (κ2) is 26.8. The minimum Gasteiger partial charge on any atom is -0.481 e. The first-order valence-corrected chi connectivity index (χ1v) is 26.7. The number of carbonyl (C=O) groups is 11. The van der Waals surface area contributed by atoms with Crippen molar-refractivity contribution in [3.8, 4) is 5.82 Å². The van der Waals surface area contributed by atoms with E-state index in [2.05, 4.69) is 62.8 Å². The molecule has 1 fully saturated rings. The number of amides is 9. The molecule has 9 amide bonds. The number of nitrogens with two attached hydrogens (primary N) is 2. The highest BCUT2D eigenvalue weighted by Gasteiger charge is 2.41. The Morgan fingerprint density at radius 2 is 1.54 bits per heavy atom. The Labute approximate surface area is 460 Å². The molecule has 28 heteroatoms. The van der Waals surface area contributed by atoms with Gasteiger partial charge in [0.05, 0.1) is 18.7 Å². The first kappa shape index (κ1) is 60.6. The Kier molecular flexibility index (Phi) is 20.3. The first-order valence-electron chi connectivity index (χ1n) is 26.7. The number of hydrogen-bond acceptors (Lipinski definition) is 13. The minimum atomic E-state index is -1.90. The fourth-order valence-corrected chi connectivity index (χ4v) is 10.1. The van der Waals surface area contributed by atoms with Gasteiger partial charge in [-0.1, -0.05) is 60.1 Å². The Morgan fingerprint density at radius 3 is 2.17 bits per heavy atom. The molecule has 28 nitrogen and oxygen atoms in total. The average molecular weight is 1120 g/mol. The van der Waals surface area contributed by atoms with Crippen LogP contribution in [0.4, 0.5) is 0 Å². The van der Waals surface area contributed by atoms with Crippen molar-refractivity contribution in [3.05, 3.63) is 47.5 Å². The average Bonchev–Trinajstić information content (AvgIpc) is 4.16. The van der Waals surface area contributed by atoms with E-state index in [1.54, 1.807) is 32.0 Å². The van der Waals surface area contributed by atoms with Crippen molar-refractivity contribution in [3.63, 3.8) is 0 Å². The van der Waals surface area contributed by atoms with Gasteiger partial charge in [0, 0.05) is 54.4 Å². The van der Waals surface area contributed by atoms with Crippen LogP contribution in [0.5, 0.6) is 0 Å². The van der Waals surface area contributed by atoms with Crippen molar-refractivity contribution in [2.45, 2.75) is 154 Å². The second-order valence-electron chi connectivity index (χ2n) is 21.3. The predicted molar refractivity (Wildman–Crippen MR) is 287 cm³/mol. The van der Waals surface area contributed by atoms with E-state index in [4.69, 9.17) is 11.5 Å². The van der Waals surface area contributed by atoms with Gasteiger partial charge in [0.25, 0.3) is 0 Å². The molecule has 0 spiro atoms. The molecule has 2 aromatic heterocycles. The number of fused-ring (bicyclic) bond motifs is 13. The topological polar surface area (TPSA) is 435 Å². The van der Waals surface area contributed by atoms with E-state index in [9.17, 15) is 58.2 Å². The van der Waals surface area contributed by atoms with Gasteiger partial charge in [-0.2, -0.15) is 0 Å². The molecule has 0 radical (unpaired) electrons.